The Kier molecular flexibility index (Phi) is 10.6. The van der Waals surface area contributed by atoms with E-state index in [1.165, 1.54) is 11.8 Å². The SMILES string of the molecule is CCCn1c(SCCNC(=O)Nc2cc(C(F)(F)F)cc(C(F)(F)F)c2)nc(-c2ccc(OC)cc2)c1-c1ccc(OC)cc1. The van der Waals surface area contributed by atoms with Crippen LogP contribution >= 0.6 is 11.8 Å². The van der Waals surface area contributed by atoms with Gasteiger partial charge < -0.3 is 24.7 Å². The number of carbonyl (C=O) groups excluding carboxylic acids is 1. The average molecular weight is 653 g/mol. The maximum atomic E-state index is 13.2. The number of benzene rings is 3. The van der Waals surface area contributed by atoms with Gasteiger partial charge in [-0.1, -0.05) is 18.7 Å². The maximum absolute atomic E-state index is 13.2. The third kappa shape index (κ3) is 8.44. The standard InChI is InChI=1S/C31H30F6N4O3S/c1-4-14-41-27(20-7-11-25(44-3)12-8-20)26(19-5-9-24(43-2)10-6-19)40-29(41)45-15-13-38-28(42)39-23-17-21(30(32,33)34)16-22(18-23)31(35,36)37/h5-12,16-18H,4,13-15H2,1-3H3,(H2,38,39,42). The number of thioether (sulfide) groups is 1. The molecule has 0 aliphatic heterocycles. The van der Waals surface area contributed by atoms with Gasteiger partial charge in [0.05, 0.1) is 36.7 Å². The quantitative estimate of drug-likeness (QED) is 0.0965. The Balaban J connectivity index is 1.53. The minimum atomic E-state index is -5.03. The van der Waals surface area contributed by atoms with Crippen molar-refractivity contribution in [3.05, 3.63) is 77.9 Å². The van der Waals surface area contributed by atoms with Gasteiger partial charge >= 0.3 is 18.4 Å². The monoisotopic (exact) mass is 652 g/mol. The molecule has 1 aromatic heterocycles. The summed E-state index contributed by atoms with van der Waals surface area (Å²) < 4.78 is 91.7. The maximum Gasteiger partial charge on any atom is 0.416 e. The Labute approximate surface area is 259 Å². The normalized spacial score (nSPS) is 11.8. The number of aromatic nitrogens is 2. The van der Waals surface area contributed by atoms with Crippen LogP contribution in [0.3, 0.4) is 0 Å². The molecule has 240 valence electrons. The summed E-state index contributed by atoms with van der Waals surface area (Å²) in [5, 5.41) is 5.22. The lowest BCUT2D eigenvalue weighted by Gasteiger charge is -2.15. The van der Waals surface area contributed by atoms with Crippen molar-refractivity contribution in [1.29, 1.82) is 0 Å². The van der Waals surface area contributed by atoms with Crippen LogP contribution in [0, 0.1) is 0 Å². The first kappa shape index (κ1) is 33.6. The molecule has 0 unspecified atom stereocenters. The number of imidazole rings is 1. The van der Waals surface area contributed by atoms with Gasteiger partial charge in [-0.05, 0) is 73.2 Å². The van der Waals surface area contributed by atoms with Crippen LogP contribution in [-0.2, 0) is 18.9 Å². The van der Waals surface area contributed by atoms with Crippen molar-refractivity contribution < 1.29 is 40.6 Å². The molecule has 0 bridgehead atoms. The Morgan fingerprint density at radius 1 is 0.844 bits per heavy atom. The zero-order valence-electron chi connectivity index (χ0n) is 24.5. The Morgan fingerprint density at radius 2 is 1.38 bits per heavy atom. The summed E-state index contributed by atoms with van der Waals surface area (Å²) in [4.78, 5) is 17.3. The number of hydrogen-bond donors (Lipinski definition) is 2. The Hall–Kier alpha value is -4.33. The van der Waals surface area contributed by atoms with Gasteiger partial charge in [-0.15, -0.1) is 0 Å². The Bertz CT molecular complexity index is 1570. The van der Waals surface area contributed by atoms with Gasteiger partial charge in [-0.2, -0.15) is 26.3 Å². The molecule has 4 aromatic rings. The zero-order valence-corrected chi connectivity index (χ0v) is 25.3. The van der Waals surface area contributed by atoms with Gasteiger partial charge in [0, 0.05) is 35.7 Å². The third-order valence-corrected chi connectivity index (χ3v) is 7.55. The van der Waals surface area contributed by atoms with Crippen LogP contribution in [0.2, 0.25) is 0 Å². The van der Waals surface area contributed by atoms with Crippen LogP contribution in [0.15, 0.2) is 71.9 Å². The molecule has 0 aliphatic rings. The summed E-state index contributed by atoms with van der Waals surface area (Å²) in [6.07, 6.45) is -9.26. The fourth-order valence-corrected chi connectivity index (χ4v) is 5.36. The van der Waals surface area contributed by atoms with Crippen molar-refractivity contribution in [2.24, 2.45) is 0 Å². The van der Waals surface area contributed by atoms with Crippen molar-refractivity contribution in [2.45, 2.75) is 37.4 Å². The molecule has 45 heavy (non-hydrogen) atoms. The van der Waals surface area contributed by atoms with Gasteiger partial charge in [0.25, 0.3) is 0 Å². The van der Waals surface area contributed by atoms with Crippen LogP contribution in [-0.4, -0.2) is 42.1 Å². The molecule has 2 amide bonds. The number of methoxy groups -OCH3 is 2. The highest BCUT2D eigenvalue weighted by Gasteiger charge is 2.37. The minimum Gasteiger partial charge on any atom is -0.497 e. The second kappa shape index (κ2) is 14.2. The third-order valence-electron chi connectivity index (χ3n) is 6.57. The van der Waals surface area contributed by atoms with E-state index in [1.54, 1.807) is 14.2 Å². The van der Waals surface area contributed by atoms with Crippen molar-refractivity contribution in [1.82, 2.24) is 14.9 Å². The van der Waals surface area contributed by atoms with E-state index < -0.39 is 35.2 Å². The molecule has 1 heterocycles. The topological polar surface area (TPSA) is 77.4 Å². The lowest BCUT2D eigenvalue weighted by Crippen LogP contribution is -2.30. The summed E-state index contributed by atoms with van der Waals surface area (Å²) in [6.45, 7) is 2.72. The largest absolute Gasteiger partial charge is 0.497 e. The second-order valence-corrected chi connectivity index (χ2v) is 10.8. The van der Waals surface area contributed by atoms with Gasteiger partial charge in [0.1, 0.15) is 11.5 Å². The molecule has 0 radical (unpaired) electrons. The number of hydrogen-bond acceptors (Lipinski definition) is 5. The highest BCUT2D eigenvalue weighted by molar-refractivity contribution is 7.99. The molecular formula is C31H30F6N4O3S. The van der Waals surface area contributed by atoms with E-state index in [4.69, 9.17) is 14.5 Å². The number of ether oxygens (including phenoxy) is 2. The zero-order chi connectivity index (χ0) is 32.8. The smallest absolute Gasteiger partial charge is 0.416 e. The second-order valence-electron chi connectivity index (χ2n) is 9.72. The predicted octanol–water partition coefficient (Wildman–Crippen LogP) is 8.60. The molecule has 0 spiro atoms. The van der Waals surface area contributed by atoms with Crippen LogP contribution in [0.1, 0.15) is 24.5 Å². The fraction of sp³-hybridized carbons (Fsp3) is 0.290. The molecule has 7 nitrogen and oxygen atoms in total. The fourth-order valence-electron chi connectivity index (χ4n) is 4.47. The number of urea groups is 1. The lowest BCUT2D eigenvalue weighted by molar-refractivity contribution is -0.143. The number of anilines is 1. The summed E-state index contributed by atoms with van der Waals surface area (Å²) in [6, 6.07) is 15.0. The Morgan fingerprint density at radius 3 is 1.87 bits per heavy atom. The number of amides is 2. The van der Waals surface area contributed by atoms with E-state index >= 15 is 0 Å². The molecule has 3 aromatic carbocycles. The van der Waals surface area contributed by atoms with E-state index in [0.29, 0.717) is 41.1 Å². The van der Waals surface area contributed by atoms with E-state index in [1.807, 2.05) is 55.5 Å². The highest BCUT2D eigenvalue weighted by atomic mass is 32.2. The van der Waals surface area contributed by atoms with Gasteiger partial charge in [0.2, 0.25) is 0 Å². The van der Waals surface area contributed by atoms with Crippen LogP contribution in [0.4, 0.5) is 36.8 Å². The van der Waals surface area contributed by atoms with Crippen LogP contribution in [0.25, 0.3) is 22.5 Å². The average Bonchev–Trinajstić information content (AvgIpc) is 3.36. The summed E-state index contributed by atoms with van der Waals surface area (Å²) in [5.74, 6) is 1.70. The number of halogens is 6. The number of nitrogens with zero attached hydrogens (tertiary/aromatic N) is 2. The first-order chi connectivity index (χ1) is 21.3. The number of nitrogens with one attached hydrogen (secondary N) is 2. The summed E-state index contributed by atoms with van der Waals surface area (Å²) in [5.41, 5.74) is -0.301. The summed E-state index contributed by atoms with van der Waals surface area (Å²) >= 11 is 1.35. The van der Waals surface area contributed by atoms with Gasteiger partial charge in [-0.3, -0.25) is 0 Å². The molecule has 0 atom stereocenters. The van der Waals surface area contributed by atoms with E-state index in [0.717, 1.165) is 28.9 Å². The summed E-state index contributed by atoms with van der Waals surface area (Å²) in [7, 11) is 3.16. The minimum absolute atomic E-state index is 0.00145. The highest BCUT2D eigenvalue weighted by Crippen LogP contribution is 2.39. The first-order valence-corrected chi connectivity index (χ1v) is 14.7. The number of alkyl halides is 6. The molecule has 2 N–H and O–H groups in total. The molecule has 0 saturated heterocycles. The molecule has 0 saturated carbocycles. The number of carbonyl (C=O) groups is 1. The lowest BCUT2D eigenvalue weighted by atomic mass is 10.0. The predicted molar refractivity (Wildman–Crippen MR) is 161 cm³/mol. The molecule has 0 fully saturated rings. The van der Waals surface area contributed by atoms with Gasteiger partial charge in [0.15, 0.2) is 5.16 Å². The van der Waals surface area contributed by atoms with Crippen molar-refractivity contribution >= 4 is 23.5 Å². The first-order valence-electron chi connectivity index (χ1n) is 13.7. The number of rotatable bonds is 11. The molecule has 0 aliphatic carbocycles. The van der Waals surface area contributed by atoms with Crippen LogP contribution in [0.5, 0.6) is 11.5 Å². The van der Waals surface area contributed by atoms with Crippen molar-refractivity contribution in [2.75, 3.05) is 31.8 Å². The van der Waals surface area contributed by atoms with Gasteiger partial charge in [-0.25, -0.2) is 9.78 Å². The molecule has 4 rings (SSSR count). The van der Waals surface area contributed by atoms with E-state index in [-0.39, 0.29) is 12.6 Å². The molecular weight excluding hydrogens is 622 g/mol. The van der Waals surface area contributed by atoms with Crippen molar-refractivity contribution in [3.8, 4) is 34.0 Å². The van der Waals surface area contributed by atoms with E-state index in [9.17, 15) is 31.1 Å². The van der Waals surface area contributed by atoms with Crippen molar-refractivity contribution in [3.63, 3.8) is 0 Å². The van der Waals surface area contributed by atoms with E-state index in [2.05, 4.69) is 15.2 Å². The van der Waals surface area contributed by atoms with Crippen LogP contribution < -0.4 is 20.1 Å². The molecule has 14 heteroatoms.